The lowest BCUT2D eigenvalue weighted by atomic mass is 10.2. The van der Waals surface area contributed by atoms with Crippen LogP contribution in [0.2, 0.25) is 5.02 Å². The van der Waals surface area contributed by atoms with Gasteiger partial charge in [-0.05, 0) is 75.0 Å². The summed E-state index contributed by atoms with van der Waals surface area (Å²) in [6, 6.07) is 15.6. The third-order valence-electron chi connectivity index (χ3n) is 3.99. The molecule has 4 heteroatoms. The Bertz CT molecular complexity index is 597. The maximum Gasteiger partial charge on any atom is 0.127 e. The molecule has 3 rings (SSSR count). The van der Waals surface area contributed by atoms with Crippen molar-refractivity contribution in [2.75, 3.05) is 20.2 Å². The van der Waals surface area contributed by atoms with Gasteiger partial charge in [-0.3, -0.25) is 0 Å². The molecule has 1 saturated heterocycles. The highest BCUT2D eigenvalue weighted by molar-refractivity contribution is 6.30. The van der Waals surface area contributed by atoms with Crippen LogP contribution in [-0.2, 0) is 0 Å². The summed E-state index contributed by atoms with van der Waals surface area (Å²) in [5, 5.41) is 0.702. The zero-order chi connectivity index (χ0) is 15.4. The zero-order valence-corrected chi connectivity index (χ0v) is 13.4. The molecule has 22 heavy (non-hydrogen) atoms. The lowest BCUT2D eigenvalue weighted by Crippen LogP contribution is -2.30. The van der Waals surface area contributed by atoms with Crippen molar-refractivity contribution < 1.29 is 9.47 Å². The molecular weight excluding hydrogens is 298 g/mol. The Morgan fingerprint density at radius 2 is 1.59 bits per heavy atom. The molecule has 0 aromatic heterocycles. The molecule has 0 spiro atoms. The van der Waals surface area contributed by atoms with Gasteiger partial charge in [0.25, 0.3) is 0 Å². The minimum Gasteiger partial charge on any atom is -0.492 e. The van der Waals surface area contributed by atoms with Gasteiger partial charge in [0.1, 0.15) is 23.9 Å². The lowest BCUT2D eigenvalue weighted by molar-refractivity contribution is 0.198. The maximum absolute atomic E-state index is 5.87. The average molecular weight is 318 g/mol. The molecule has 1 aliphatic rings. The molecule has 0 radical (unpaired) electrons. The molecule has 2 aromatic rings. The van der Waals surface area contributed by atoms with Crippen LogP contribution in [-0.4, -0.2) is 31.1 Å². The van der Waals surface area contributed by atoms with Gasteiger partial charge < -0.3 is 14.4 Å². The van der Waals surface area contributed by atoms with Gasteiger partial charge in [-0.15, -0.1) is 0 Å². The molecule has 1 fully saturated rings. The van der Waals surface area contributed by atoms with E-state index in [1.165, 1.54) is 19.4 Å². The van der Waals surface area contributed by atoms with E-state index in [4.69, 9.17) is 21.1 Å². The molecule has 0 amide bonds. The highest BCUT2D eigenvalue weighted by Gasteiger charge is 2.21. The third kappa shape index (κ3) is 3.93. The SMILES string of the molecule is CN1CCCC1COc1ccc(Oc2ccc(Cl)cc2)cc1. The first-order valence-corrected chi connectivity index (χ1v) is 7.95. The van der Waals surface area contributed by atoms with Crippen LogP contribution in [0.15, 0.2) is 48.5 Å². The fraction of sp³-hybridized carbons (Fsp3) is 0.333. The van der Waals surface area contributed by atoms with Crippen molar-refractivity contribution in [2.45, 2.75) is 18.9 Å². The van der Waals surface area contributed by atoms with Crippen molar-refractivity contribution in [3.05, 3.63) is 53.6 Å². The standard InChI is InChI=1S/C18H20ClNO2/c1-20-12-2-3-15(20)13-21-16-8-10-18(11-9-16)22-17-6-4-14(19)5-7-17/h4-11,15H,2-3,12-13H2,1H3. The van der Waals surface area contributed by atoms with E-state index in [2.05, 4.69) is 11.9 Å². The van der Waals surface area contributed by atoms with E-state index in [-0.39, 0.29) is 0 Å². The number of ether oxygens (including phenoxy) is 2. The van der Waals surface area contributed by atoms with Crippen molar-refractivity contribution in [1.29, 1.82) is 0 Å². The third-order valence-corrected chi connectivity index (χ3v) is 4.24. The van der Waals surface area contributed by atoms with Gasteiger partial charge in [-0.1, -0.05) is 11.6 Å². The zero-order valence-electron chi connectivity index (χ0n) is 12.7. The predicted octanol–water partition coefficient (Wildman–Crippen LogP) is 4.61. The summed E-state index contributed by atoms with van der Waals surface area (Å²) in [7, 11) is 2.16. The van der Waals surface area contributed by atoms with E-state index in [9.17, 15) is 0 Å². The largest absolute Gasteiger partial charge is 0.492 e. The normalized spacial score (nSPS) is 18.4. The summed E-state index contributed by atoms with van der Waals surface area (Å²) in [5.74, 6) is 2.43. The number of hydrogen-bond donors (Lipinski definition) is 0. The number of nitrogens with zero attached hydrogens (tertiary/aromatic N) is 1. The van der Waals surface area contributed by atoms with Crippen molar-refractivity contribution in [2.24, 2.45) is 0 Å². The molecule has 0 N–H and O–H groups in total. The number of halogens is 1. The summed E-state index contributed by atoms with van der Waals surface area (Å²) < 4.78 is 11.6. The lowest BCUT2D eigenvalue weighted by Gasteiger charge is -2.19. The molecule has 3 nitrogen and oxygen atoms in total. The van der Waals surface area contributed by atoms with E-state index < -0.39 is 0 Å². The fourth-order valence-electron chi connectivity index (χ4n) is 2.62. The predicted molar refractivity (Wildman–Crippen MR) is 89.1 cm³/mol. The number of likely N-dealkylation sites (N-methyl/N-ethyl adjacent to an activating group) is 1. The Labute approximate surface area is 136 Å². The van der Waals surface area contributed by atoms with Crippen molar-refractivity contribution in [3.8, 4) is 17.2 Å². The Balaban J connectivity index is 1.54. The molecule has 1 heterocycles. The van der Waals surface area contributed by atoms with Crippen molar-refractivity contribution >= 4 is 11.6 Å². The Morgan fingerprint density at radius 1 is 1.00 bits per heavy atom. The van der Waals surface area contributed by atoms with E-state index in [0.717, 1.165) is 23.9 Å². The quantitative estimate of drug-likeness (QED) is 0.804. The Kier molecular flexibility index (Phi) is 4.86. The van der Waals surface area contributed by atoms with Crippen LogP contribution >= 0.6 is 11.6 Å². The number of hydrogen-bond acceptors (Lipinski definition) is 3. The van der Waals surface area contributed by atoms with Crippen LogP contribution in [0.1, 0.15) is 12.8 Å². The van der Waals surface area contributed by atoms with Gasteiger partial charge in [-0.2, -0.15) is 0 Å². The van der Waals surface area contributed by atoms with Crippen LogP contribution in [0, 0.1) is 0 Å². The first-order valence-electron chi connectivity index (χ1n) is 7.57. The van der Waals surface area contributed by atoms with Crippen LogP contribution in [0.5, 0.6) is 17.2 Å². The molecule has 0 saturated carbocycles. The second-order valence-corrected chi connectivity index (χ2v) is 6.05. The fourth-order valence-corrected chi connectivity index (χ4v) is 2.75. The summed E-state index contributed by atoms with van der Waals surface area (Å²) in [5.41, 5.74) is 0. The molecule has 1 aliphatic heterocycles. The second kappa shape index (κ2) is 7.03. The minimum atomic E-state index is 0.532. The summed E-state index contributed by atoms with van der Waals surface area (Å²) in [6.45, 7) is 1.91. The summed E-state index contributed by atoms with van der Waals surface area (Å²) in [4.78, 5) is 2.36. The van der Waals surface area contributed by atoms with Gasteiger partial charge in [0.05, 0.1) is 0 Å². The number of benzene rings is 2. The first-order chi connectivity index (χ1) is 10.7. The maximum atomic E-state index is 5.87. The van der Waals surface area contributed by atoms with E-state index in [1.807, 2.05) is 48.5 Å². The van der Waals surface area contributed by atoms with E-state index in [1.54, 1.807) is 0 Å². The monoisotopic (exact) mass is 317 g/mol. The molecule has 0 bridgehead atoms. The topological polar surface area (TPSA) is 21.7 Å². The molecule has 1 atom stereocenters. The molecule has 0 aliphatic carbocycles. The first kappa shape index (κ1) is 15.2. The van der Waals surface area contributed by atoms with Gasteiger partial charge >= 0.3 is 0 Å². The number of likely N-dealkylation sites (tertiary alicyclic amines) is 1. The Morgan fingerprint density at radius 3 is 2.18 bits per heavy atom. The molecule has 2 aromatic carbocycles. The van der Waals surface area contributed by atoms with Crippen molar-refractivity contribution in [1.82, 2.24) is 4.90 Å². The van der Waals surface area contributed by atoms with Crippen LogP contribution in [0.25, 0.3) is 0 Å². The summed E-state index contributed by atoms with van der Waals surface area (Å²) >= 11 is 5.86. The highest BCUT2D eigenvalue weighted by atomic mass is 35.5. The van der Waals surface area contributed by atoms with Gasteiger partial charge in [-0.25, -0.2) is 0 Å². The number of rotatable bonds is 5. The van der Waals surface area contributed by atoms with Crippen LogP contribution < -0.4 is 9.47 Å². The minimum absolute atomic E-state index is 0.532. The van der Waals surface area contributed by atoms with Crippen LogP contribution in [0.4, 0.5) is 0 Å². The summed E-state index contributed by atoms with van der Waals surface area (Å²) in [6.07, 6.45) is 2.48. The van der Waals surface area contributed by atoms with Gasteiger partial charge in [0, 0.05) is 11.1 Å². The average Bonchev–Trinajstić information content (AvgIpc) is 2.94. The van der Waals surface area contributed by atoms with Gasteiger partial charge in [0.2, 0.25) is 0 Å². The highest BCUT2D eigenvalue weighted by Crippen LogP contribution is 2.25. The molecule has 1 unspecified atom stereocenters. The smallest absolute Gasteiger partial charge is 0.127 e. The van der Waals surface area contributed by atoms with E-state index >= 15 is 0 Å². The Hall–Kier alpha value is -1.71. The van der Waals surface area contributed by atoms with Crippen molar-refractivity contribution in [3.63, 3.8) is 0 Å². The van der Waals surface area contributed by atoms with E-state index in [0.29, 0.717) is 11.1 Å². The molecular formula is C18H20ClNO2. The molecule has 116 valence electrons. The second-order valence-electron chi connectivity index (χ2n) is 5.62. The van der Waals surface area contributed by atoms with Gasteiger partial charge in [0.15, 0.2) is 0 Å². The van der Waals surface area contributed by atoms with Crippen LogP contribution in [0.3, 0.4) is 0 Å².